The summed E-state index contributed by atoms with van der Waals surface area (Å²) in [5.41, 5.74) is 0. The molecule has 0 aromatic heterocycles. The molecule has 2 heteroatoms. The number of hydrogen-bond donors (Lipinski definition) is 0. The minimum atomic E-state index is 0.401. The average Bonchev–Trinajstić information content (AvgIpc) is 2.49. The topological polar surface area (TPSA) is 9.23 Å². The van der Waals surface area contributed by atoms with Gasteiger partial charge in [0.25, 0.3) is 0 Å². The summed E-state index contributed by atoms with van der Waals surface area (Å²) in [7, 11) is 0. The predicted octanol–water partition coefficient (Wildman–Crippen LogP) is 5.95. The molecule has 106 valence electrons. The third kappa shape index (κ3) is 3.01. The molecule has 0 radical (unpaired) electrons. The van der Waals surface area contributed by atoms with Crippen LogP contribution in [0.15, 0.2) is 40.9 Å². The maximum Gasteiger partial charge on any atom is 0.120 e. The summed E-state index contributed by atoms with van der Waals surface area (Å²) in [6.07, 6.45) is 6.75. The van der Waals surface area contributed by atoms with Crippen LogP contribution < -0.4 is 4.74 Å². The molecule has 0 heterocycles. The Morgan fingerprint density at radius 2 is 1.90 bits per heavy atom. The van der Waals surface area contributed by atoms with Gasteiger partial charge in [-0.2, -0.15) is 0 Å². The molecule has 20 heavy (non-hydrogen) atoms. The first-order chi connectivity index (χ1) is 9.76. The third-order valence-electron chi connectivity index (χ3n) is 4.47. The van der Waals surface area contributed by atoms with Crippen LogP contribution in [0.3, 0.4) is 0 Å². The maximum absolute atomic E-state index is 6.19. The predicted molar refractivity (Wildman–Crippen MR) is 88.3 cm³/mol. The number of hydrogen-bond acceptors (Lipinski definition) is 1. The van der Waals surface area contributed by atoms with E-state index in [1.54, 1.807) is 0 Å². The first kappa shape index (κ1) is 13.9. The number of fused-ring (bicyclic) bond motifs is 1. The highest BCUT2D eigenvalue weighted by Gasteiger charge is 2.21. The fourth-order valence-electron chi connectivity index (χ4n) is 3.14. The molecule has 0 amide bonds. The molecule has 1 fully saturated rings. The summed E-state index contributed by atoms with van der Waals surface area (Å²) in [4.78, 5) is 0. The summed E-state index contributed by atoms with van der Waals surface area (Å²) < 4.78 is 7.32. The van der Waals surface area contributed by atoms with Gasteiger partial charge in [-0.15, -0.1) is 0 Å². The lowest BCUT2D eigenvalue weighted by Crippen LogP contribution is -2.23. The second-order valence-corrected chi connectivity index (χ2v) is 6.65. The van der Waals surface area contributed by atoms with Crippen LogP contribution in [0.4, 0.5) is 0 Å². The van der Waals surface area contributed by atoms with E-state index in [0.29, 0.717) is 6.10 Å². The molecule has 2 aromatic carbocycles. The lowest BCUT2D eigenvalue weighted by Gasteiger charge is -2.28. The van der Waals surface area contributed by atoms with Crippen LogP contribution in [-0.2, 0) is 0 Å². The van der Waals surface area contributed by atoms with Crippen molar-refractivity contribution in [1.82, 2.24) is 0 Å². The van der Waals surface area contributed by atoms with E-state index < -0.39 is 0 Å². The Kier molecular flexibility index (Phi) is 4.30. The van der Waals surface area contributed by atoms with E-state index in [1.165, 1.54) is 42.9 Å². The van der Waals surface area contributed by atoms with Crippen molar-refractivity contribution in [3.63, 3.8) is 0 Å². The van der Waals surface area contributed by atoms with Crippen molar-refractivity contribution in [1.29, 1.82) is 0 Å². The summed E-state index contributed by atoms with van der Waals surface area (Å²) in [6.45, 7) is 2.30. The second kappa shape index (κ2) is 6.17. The number of halogens is 1. The van der Waals surface area contributed by atoms with Crippen molar-refractivity contribution in [2.45, 2.75) is 45.1 Å². The average molecular weight is 333 g/mol. The van der Waals surface area contributed by atoms with Crippen LogP contribution in [0.25, 0.3) is 10.8 Å². The Labute approximate surface area is 129 Å². The lowest BCUT2D eigenvalue weighted by molar-refractivity contribution is 0.130. The summed E-state index contributed by atoms with van der Waals surface area (Å²) in [5, 5.41) is 2.48. The van der Waals surface area contributed by atoms with Gasteiger partial charge in [-0.3, -0.25) is 0 Å². The molecule has 0 saturated heterocycles. The van der Waals surface area contributed by atoms with Crippen LogP contribution in [0.1, 0.15) is 39.0 Å². The Hall–Kier alpha value is -1.02. The van der Waals surface area contributed by atoms with Crippen molar-refractivity contribution in [2.75, 3.05) is 0 Å². The minimum absolute atomic E-state index is 0.401. The van der Waals surface area contributed by atoms with Gasteiger partial charge in [0.1, 0.15) is 5.75 Å². The van der Waals surface area contributed by atoms with Crippen molar-refractivity contribution < 1.29 is 4.74 Å². The van der Waals surface area contributed by atoms with Gasteiger partial charge in [0, 0.05) is 4.47 Å². The fraction of sp³-hybridized carbons (Fsp3) is 0.444. The highest BCUT2D eigenvalue weighted by molar-refractivity contribution is 9.10. The van der Waals surface area contributed by atoms with E-state index >= 15 is 0 Å². The molecule has 0 bridgehead atoms. The van der Waals surface area contributed by atoms with Gasteiger partial charge >= 0.3 is 0 Å². The smallest absolute Gasteiger partial charge is 0.120 e. The molecule has 1 aliphatic carbocycles. The van der Waals surface area contributed by atoms with Crippen molar-refractivity contribution in [3.05, 3.63) is 40.9 Å². The molecule has 3 rings (SSSR count). The minimum Gasteiger partial charge on any atom is -0.490 e. The standard InChI is InChI=1S/C18H21BrO/c1-2-13-6-9-15(10-7-13)20-16-11-8-14-4-3-5-18(19)17(14)12-16/h3-5,8,11-13,15H,2,6-7,9-10H2,1H3. The highest BCUT2D eigenvalue weighted by Crippen LogP contribution is 2.32. The summed E-state index contributed by atoms with van der Waals surface area (Å²) in [5.74, 6) is 1.92. The van der Waals surface area contributed by atoms with Crippen LogP contribution in [0.2, 0.25) is 0 Å². The fourth-order valence-corrected chi connectivity index (χ4v) is 3.63. The van der Waals surface area contributed by atoms with E-state index in [9.17, 15) is 0 Å². The largest absolute Gasteiger partial charge is 0.490 e. The molecule has 0 spiro atoms. The molecule has 2 aromatic rings. The van der Waals surface area contributed by atoms with E-state index in [2.05, 4.69) is 59.3 Å². The van der Waals surface area contributed by atoms with Gasteiger partial charge in [-0.25, -0.2) is 0 Å². The number of rotatable bonds is 3. The van der Waals surface area contributed by atoms with Crippen LogP contribution in [-0.4, -0.2) is 6.10 Å². The maximum atomic E-state index is 6.19. The van der Waals surface area contributed by atoms with Crippen molar-refractivity contribution in [2.24, 2.45) is 5.92 Å². The molecule has 1 nitrogen and oxygen atoms in total. The van der Waals surface area contributed by atoms with Gasteiger partial charge in [-0.05, 0) is 60.6 Å². The van der Waals surface area contributed by atoms with Crippen LogP contribution >= 0.6 is 15.9 Å². The second-order valence-electron chi connectivity index (χ2n) is 5.79. The van der Waals surface area contributed by atoms with Gasteiger partial charge in [0.2, 0.25) is 0 Å². The van der Waals surface area contributed by atoms with Crippen molar-refractivity contribution in [3.8, 4) is 5.75 Å². The van der Waals surface area contributed by atoms with E-state index in [0.717, 1.165) is 16.1 Å². The first-order valence-corrected chi connectivity index (χ1v) is 8.40. The Morgan fingerprint density at radius 1 is 1.10 bits per heavy atom. The van der Waals surface area contributed by atoms with Gasteiger partial charge < -0.3 is 4.74 Å². The lowest BCUT2D eigenvalue weighted by atomic mass is 9.86. The molecular weight excluding hydrogens is 312 g/mol. The van der Waals surface area contributed by atoms with Crippen molar-refractivity contribution >= 4 is 26.7 Å². The Morgan fingerprint density at radius 3 is 2.65 bits per heavy atom. The zero-order chi connectivity index (χ0) is 13.9. The molecule has 0 atom stereocenters. The van der Waals surface area contributed by atoms with E-state index in [1.807, 2.05) is 0 Å². The van der Waals surface area contributed by atoms with Crippen LogP contribution in [0.5, 0.6) is 5.75 Å². The quantitative estimate of drug-likeness (QED) is 0.674. The molecule has 0 N–H and O–H groups in total. The van der Waals surface area contributed by atoms with E-state index in [4.69, 9.17) is 4.74 Å². The monoisotopic (exact) mass is 332 g/mol. The zero-order valence-electron chi connectivity index (χ0n) is 11.9. The third-order valence-corrected chi connectivity index (χ3v) is 5.17. The molecule has 0 unspecified atom stereocenters. The molecule has 1 saturated carbocycles. The zero-order valence-corrected chi connectivity index (χ0v) is 13.5. The first-order valence-electron chi connectivity index (χ1n) is 7.61. The summed E-state index contributed by atoms with van der Waals surface area (Å²) >= 11 is 3.62. The SMILES string of the molecule is CCC1CCC(Oc2ccc3cccc(Br)c3c2)CC1. The van der Waals surface area contributed by atoms with Crippen LogP contribution in [0, 0.1) is 5.92 Å². The van der Waals surface area contributed by atoms with Gasteiger partial charge in [0.15, 0.2) is 0 Å². The molecular formula is C18H21BrO. The highest BCUT2D eigenvalue weighted by atomic mass is 79.9. The Balaban J connectivity index is 1.73. The Bertz CT molecular complexity index is 585. The van der Waals surface area contributed by atoms with E-state index in [-0.39, 0.29) is 0 Å². The van der Waals surface area contributed by atoms with Gasteiger partial charge in [0.05, 0.1) is 6.10 Å². The number of ether oxygens (including phenoxy) is 1. The molecule has 0 aliphatic heterocycles. The molecule has 1 aliphatic rings. The van der Waals surface area contributed by atoms with Gasteiger partial charge in [-0.1, -0.05) is 47.5 Å². The normalized spacial score (nSPS) is 22.9. The number of benzene rings is 2. The summed E-state index contributed by atoms with van der Waals surface area (Å²) in [6, 6.07) is 12.7.